The predicted octanol–water partition coefficient (Wildman–Crippen LogP) is 3.54. The van der Waals surface area contributed by atoms with Gasteiger partial charge in [-0.25, -0.2) is 4.79 Å². The van der Waals surface area contributed by atoms with E-state index in [0.717, 1.165) is 4.88 Å². The summed E-state index contributed by atoms with van der Waals surface area (Å²) in [5, 5.41) is 5.49. The summed E-state index contributed by atoms with van der Waals surface area (Å²) in [6, 6.07) is 1.84. The van der Waals surface area contributed by atoms with Crippen LogP contribution in [-0.4, -0.2) is 16.2 Å². The number of hydrogen-bond acceptors (Lipinski definition) is 5. The topological polar surface area (TPSA) is 68.1 Å². The summed E-state index contributed by atoms with van der Waals surface area (Å²) < 4.78 is 9.99. The van der Waals surface area contributed by atoms with Crippen LogP contribution in [-0.2, 0) is 0 Å². The highest BCUT2D eigenvalue weighted by atomic mass is 32.1. The molecule has 0 atom stereocenters. The molecule has 2 rings (SSSR count). The number of aromatic nitrogens is 2. The Hall–Kier alpha value is -1.56. The number of H-pyrrole nitrogens is 1. The average Bonchev–Trinajstić information content (AvgIpc) is 2.87. The van der Waals surface area contributed by atoms with Gasteiger partial charge in [-0.1, -0.05) is 25.4 Å². The van der Waals surface area contributed by atoms with Gasteiger partial charge < -0.3 is 4.74 Å². The van der Waals surface area contributed by atoms with Crippen molar-refractivity contribution >= 4 is 11.3 Å². The van der Waals surface area contributed by atoms with Crippen molar-refractivity contribution < 1.29 is 10.7 Å². The fourth-order valence-electron chi connectivity index (χ4n) is 1.14. The maximum absolute atomic E-state index is 10.8. The minimum absolute atomic E-state index is 0. The second kappa shape index (κ2) is 7.00. The Morgan fingerprint density at radius 1 is 1.56 bits per heavy atom. The van der Waals surface area contributed by atoms with Crippen LogP contribution < -0.4 is 10.5 Å². The maximum atomic E-state index is 10.8. The molecule has 0 spiro atoms. The lowest BCUT2D eigenvalue weighted by molar-refractivity contribution is 0.244. The van der Waals surface area contributed by atoms with Crippen molar-refractivity contribution in [1.82, 2.24) is 10.1 Å². The second-order valence-electron chi connectivity index (χ2n) is 3.93. The lowest BCUT2D eigenvalue weighted by atomic mass is 10.4. The van der Waals surface area contributed by atoms with Gasteiger partial charge in [0.15, 0.2) is 5.82 Å². The Morgan fingerprint density at radius 3 is 2.72 bits per heavy atom. The fraction of sp³-hybridized carbons (Fsp3) is 0.500. The Bertz CT molecular complexity index is 519. The number of hydrogen-bond donors (Lipinski definition) is 1. The lowest BCUT2D eigenvalue weighted by Gasteiger charge is -2.08. The first kappa shape index (κ1) is 14.5. The zero-order chi connectivity index (χ0) is 13.5. The van der Waals surface area contributed by atoms with E-state index < -0.39 is 5.76 Å². The van der Waals surface area contributed by atoms with Crippen LogP contribution in [0.4, 0.5) is 0 Å². The highest BCUT2D eigenvalue weighted by Crippen LogP contribution is 2.33. The summed E-state index contributed by atoms with van der Waals surface area (Å²) >= 11 is 1.44. The first-order valence-electron chi connectivity index (χ1n) is 5.89. The molecule has 1 N–H and O–H groups in total. The summed E-state index contributed by atoms with van der Waals surface area (Å²) in [6.45, 7) is 8.12. The van der Waals surface area contributed by atoms with Gasteiger partial charge in [0.05, 0.1) is 6.10 Å². The molecule has 102 valence electrons. The van der Waals surface area contributed by atoms with Crippen molar-refractivity contribution in [2.75, 3.05) is 0 Å². The van der Waals surface area contributed by atoms with E-state index in [1.807, 2.05) is 25.3 Å². The molecule has 18 heavy (non-hydrogen) atoms. The number of rotatable bonds is 3. The molecule has 0 amide bonds. The molecule has 0 unspecified atom stereocenters. The van der Waals surface area contributed by atoms with E-state index in [2.05, 4.69) is 28.5 Å². The molecule has 5 nitrogen and oxygen atoms in total. The standard InChI is InChI=1S/C9H10N2O3S.C3H8.H2/c1-5(2)13-6-3-4-15-7(6)8-10-9(12)14-11-8;1-3-2;/h3-5H,1-2H3,(H,10,11,12);3H2,1-2H3;1H. The van der Waals surface area contributed by atoms with E-state index in [9.17, 15) is 4.79 Å². The first-order chi connectivity index (χ1) is 8.58. The molecule has 2 aromatic heterocycles. The molecular weight excluding hydrogens is 252 g/mol. The van der Waals surface area contributed by atoms with Crippen molar-refractivity contribution in [3.63, 3.8) is 0 Å². The summed E-state index contributed by atoms with van der Waals surface area (Å²) in [7, 11) is 0. The molecule has 0 aromatic carbocycles. The number of nitrogens with one attached hydrogen (secondary N) is 1. The van der Waals surface area contributed by atoms with Gasteiger partial charge in [0, 0.05) is 1.43 Å². The molecule has 2 aromatic rings. The van der Waals surface area contributed by atoms with Crippen molar-refractivity contribution in [3.05, 3.63) is 22.0 Å². The number of thiophene rings is 1. The van der Waals surface area contributed by atoms with E-state index in [1.54, 1.807) is 0 Å². The third kappa shape index (κ3) is 4.03. The van der Waals surface area contributed by atoms with Gasteiger partial charge in [-0.3, -0.25) is 9.51 Å². The van der Waals surface area contributed by atoms with Gasteiger partial charge in [0.1, 0.15) is 10.6 Å². The van der Waals surface area contributed by atoms with Crippen LogP contribution in [0.2, 0.25) is 0 Å². The molecule has 0 radical (unpaired) electrons. The van der Waals surface area contributed by atoms with E-state index in [0.29, 0.717) is 11.6 Å². The van der Waals surface area contributed by atoms with Gasteiger partial charge in [-0.05, 0) is 25.3 Å². The van der Waals surface area contributed by atoms with Gasteiger partial charge >= 0.3 is 5.76 Å². The van der Waals surface area contributed by atoms with E-state index in [4.69, 9.17) is 4.74 Å². The second-order valence-corrected chi connectivity index (χ2v) is 4.85. The molecule has 2 heterocycles. The van der Waals surface area contributed by atoms with Crippen LogP contribution in [0.1, 0.15) is 35.5 Å². The molecule has 0 aliphatic rings. The SMILES string of the molecule is CC(C)Oc1ccsc1-c1noc(=O)[nH]1.CCC.[HH]. The normalized spacial score (nSPS) is 10.1. The molecule has 0 fully saturated rings. The molecule has 0 aliphatic carbocycles. The van der Waals surface area contributed by atoms with Crippen molar-refractivity contribution in [2.24, 2.45) is 0 Å². The van der Waals surface area contributed by atoms with Gasteiger partial charge in [0.25, 0.3) is 0 Å². The van der Waals surface area contributed by atoms with Crippen LogP contribution >= 0.6 is 11.3 Å². The summed E-state index contributed by atoms with van der Waals surface area (Å²) in [5.41, 5.74) is 0. The molecule has 0 bridgehead atoms. The molecular formula is C12H20N2O3S. The zero-order valence-corrected chi connectivity index (χ0v) is 11.8. The van der Waals surface area contributed by atoms with Crippen LogP contribution in [0.3, 0.4) is 0 Å². The minimum Gasteiger partial charge on any atom is -0.489 e. The quantitative estimate of drug-likeness (QED) is 0.927. The van der Waals surface area contributed by atoms with E-state index in [1.165, 1.54) is 17.8 Å². The highest BCUT2D eigenvalue weighted by molar-refractivity contribution is 7.13. The fourth-order valence-corrected chi connectivity index (χ4v) is 1.90. The van der Waals surface area contributed by atoms with Gasteiger partial charge in [-0.15, -0.1) is 11.3 Å². The Balaban J connectivity index is 0.000000742. The largest absolute Gasteiger partial charge is 0.489 e. The number of ether oxygens (including phenoxy) is 1. The molecule has 6 heteroatoms. The predicted molar refractivity (Wildman–Crippen MR) is 74.3 cm³/mol. The number of nitrogens with zero attached hydrogens (tertiary/aromatic N) is 1. The highest BCUT2D eigenvalue weighted by Gasteiger charge is 2.13. The van der Waals surface area contributed by atoms with Crippen LogP contribution in [0, 0.1) is 0 Å². The Labute approximate surface area is 111 Å². The van der Waals surface area contributed by atoms with Crippen LogP contribution in [0.15, 0.2) is 20.8 Å². The molecule has 0 saturated carbocycles. The minimum atomic E-state index is -0.561. The van der Waals surface area contributed by atoms with Crippen molar-refractivity contribution in [2.45, 2.75) is 40.2 Å². The van der Waals surface area contributed by atoms with E-state index >= 15 is 0 Å². The monoisotopic (exact) mass is 272 g/mol. The molecule has 0 aliphatic heterocycles. The van der Waals surface area contributed by atoms with Crippen molar-refractivity contribution in [3.8, 4) is 16.5 Å². The number of aromatic amines is 1. The summed E-state index contributed by atoms with van der Waals surface area (Å²) in [4.78, 5) is 14.1. The average molecular weight is 272 g/mol. The van der Waals surface area contributed by atoms with Gasteiger partial charge in [-0.2, -0.15) is 0 Å². The zero-order valence-electron chi connectivity index (χ0n) is 11.0. The van der Waals surface area contributed by atoms with Crippen LogP contribution in [0.5, 0.6) is 5.75 Å². The van der Waals surface area contributed by atoms with Crippen LogP contribution in [0.25, 0.3) is 10.7 Å². The maximum Gasteiger partial charge on any atom is 0.439 e. The Morgan fingerprint density at radius 2 is 2.22 bits per heavy atom. The third-order valence-corrected chi connectivity index (χ3v) is 2.55. The third-order valence-electron chi connectivity index (χ3n) is 1.65. The molecule has 0 saturated heterocycles. The Kier molecular flexibility index (Phi) is 5.64. The smallest absolute Gasteiger partial charge is 0.439 e. The lowest BCUT2D eigenvalue weighted by Crippen LogP contribution is -2.05. The summed E-state index contributed by atoms with van der Waals surface area (Å²) in [5.74, 6) is 0.555. The van der Waals surface area contributed by atoms with Gasteiger partial charge in [0.2, 0.25) is 0 Å². The first-order valence-corrected chi connectivity index (χ1v) is 6.76. The van der Waals surface area contributed by atoms with Crippen molar-refractivity contribution in [1.29, 1.82) is 0 Å². The summed E-state index contributed by atoms with van der Waals surface area (Å²) in [6.07, 6.45) is 1.33. The van der Waals surface area contributed by atoms with E-state index in [-0.39, 0.29) is 7.53 Å².